The maximum absolute atomic E-state index is 13.3. The fraction of sp³-hybridized carbons (Fsp3) is 0.625. The monoisotopic (exact) mass is 298 g/mol. The van der Waals surface area contributed by atoms with E-state index >= 15 is 0 Å². The molecule has 0 aromatic heterocycles. The molecule has 2 aliphatic rings. The smallest absolute Gasteiger partial charge is 0.368 e. The zero-order chi connectivity index (χ0) is 15.0. The minimum Gasteiger partial charge on any atom is -0.368 e. The molecule has 1 N–H and O–H groups in total. The topological polar surface area (TPSA) is 15.3 Å². The van der Waals surface area contributed by atoms with Crippen LogP contribution in [0, 0.1) is 5.92 Å². The average Bonchev–Trinajstić information content (AvgIpc) is 3.29. The van der Waals surface area contributed by atoms with Gasteiger partial charge in [-0.15, -0.1) is 0 Å². The number of halogens is 3. The van der Waals surface area contributed by atoms with Gasteiger partial charge in [-0.2, -0.15) is 13.2 Å². The van der Waals surface area contributed by atoms with Crippen LogP contribution >= 0.6 is 0 Å². The molecule has 2 fully saturated rings. The van der Waals surface area contributed by atoms with Gasteiger partial charge in [0.05, 0.1) is 5.56 Å². The number of benzene rings is 1. The molecule has 0 amide bonds. The van der Waals surface area contributed by atoms with E-state index in [1.165, 1.54) is 18.9 Å². The Morgan fingerprint density at radius 3 is 2.43 bits per heavy atom. The van der Waals surface area contributed by atoms with Crippen molar-refractivity contribution in [2.45, 2.75) is 44.4 Å². The fourth-order valence-corrected chi connectivity index (χ4v) is 2.78. The molecular weight excluding hydrogens is 277 g/mol. The summed E-state index contributed by atoms with van der Waals surface area (Å²) in [6.07, 6.45) is 0.343. The molecule has 0 heterocycles. The summed E-state index contributed by atoms with van der Waals surface area (Å²) in [5.41, 5.74) is 0.545. The van der Waals surface area contributed by atoms with Gasteiger partial charge in [0.25, 0.3) is 0 Å². The molecule has 1 aromatic carbocycles. The highest BCUT2D eigenvalue weighted by Crippen LogP contribution is 2.40. The third-order valence-corrected chi connectivity index (χ3v) is 4.24. The molecule has 5 heteroatoms. The molecule has 3 rings (SSSR count). The second-order valence-corrected chi connectivity index (χ2v) is 6.20. The third-order valence-electron chi connectivity index (χ3n) is 4.24. The first kappa shape index (κ1) is 14.7. The van der Waals surface area contributed by atoms with Crippen LogP contribution in [0.4, 0.5) is 18.9 Å². The maximum atomic E-state index is 13.3. The largest absolute Gasteiger partial charge is 0.416 e. The molecule has 21 heavy (non-hydrogen) atoms. The van der Waals surface area contributed by atoms with Gasteiger partial charge in [-0.1, -0.05) is 6.07 Å². The van der Waals surface area contributed by atoms with Gasteiger partial charge in [-0.25, -0.2) is 0 Å². The lowest BCUT2D eigenvalue weighted by Crippen LogP contribution is -2.28. The summed E-state index contributed by atoms with van der Waals surface area (Å²) in [6, 6.07) is 5.26. The van der Waals surface area contributed by atoms with E-state index in [1.54, 1.807) is 13.1 Å². The number of rotatable bonds is 6. The van der Waals surface area contributed by atoms with Crippen molar-refractivity contribution in [1.29, 1.82) is 0 Å². The molecular formula is C16H21F3N2. The highest BCUT2D eigenvalue weighted by Gasteiger charge is 2.37. The Morgan fingerprint density at radius 1 is 1.19 bits per heavy atom. The van der Waals surface area contributed by atoms with Gasteiger partial charge < -0.3 is 10.2 Å². The lowest BCUT2D eigenvalue weighted by Gasteiger charge is -2.26. The van der Waals surface area contributed by atoms with Gasteiger partial charge in [-0.05, 0) is 56.3 Å². The van der Waals surface area contributed by atoms with E-state index in [1.807, 2.05) is 6.07 Å². The predicted octanol–water partition coefficient (Wildman–Crippen LogP) is 3.80. The highest BCUT2D eigenvalue weighted by molar-refractivity contribution is 5.54. The third kappa shape index (κ3) is 3.51. The molecule has 0 atom stereocenters. The summed E-state index contributed by atoms with van der Waals surface area (Å²) in [4.78, 5) is 2.19. The summed E-state index contributed by atoms with van der Waals surface area (Å²) in [5, 5.41) is 2.81. The minimum absolute atomic E-state index is 0.237. The Labute approximate surface area is 123 Å². The van der Waals surface area contributed by atoms with E-state index < -0.39 is 11.7 Å². The van der Waals surface area contributed by atoms with Crippen molar-refractivity contribution >= 4 is 5.69 Å². The number of nitrogens with zero attached hydrogens (tertiary/aromatic N) is 1. The summed E-state index contributed by atoms with van der Waals surface area (Å²) in [6.45, 7) is 1.15. The van der Waals surface area contributed by atoms with Crippen molar-refractivity contribution in [1.82, 2.24) is 5.32 Å². The summed E-state index contributed by atoms with van der Waals surface area (Å²) >= 11 is 0. The van der Waals surface area contributed by atoms with Gasteiger partial charge in [0, 0.05) is 24.8 Å². The zero-order valence-corrected chi connectivity index (χ0v) is 12.2. The molecule has 0 aliphatic heterocycles. The number of hydrogen-bond donors (Lipinski definition) is 1. The Bertz CT molecular complexity index is 505. The van der Waals surface area contributed by atoms with Crippen LogP contribution in [-0.2, 0) is 12.7 Å². The molecule has 2 aliphatic carbocycles. The van der Waals surface area contributed by atoms with Crippen molar-refractivity contribution in [3.05, 3.63) is 29.3 Å². The quantitative estimate of drug-likeness (QED) is 0.859. The lowest BCUT2D eigenvalue weighted by atomic mass is 10.0. The van der Waals surface area contributed by atoms with E-state index in [2.05, 4.69) is 10.2 Å². The van der Waals surface area contributed by atoms with Crippen LogP contribution in [0.5, 0.6) is 0 Å². The molecule has 1 aromatic rings. The Balaban J connectivity index is 1.90. The number of hydrogen-bond acceptors (Lipinski definition) is 2. The van der Waals surface area contributed by atoms with Crippen LogP contribution in [0.2, 0.25) is 0 Å². The Morgan fingerprint density at radius 2 is 1.90 bits per heavy atom. The molecule has 2 saturated carbocycles. The molecule has 2 nitrogen and oxygen atoms in total. The van der Waals surface area contributed by atoms with Crippen molar-refractivity contribution in [3.63, 3.8) is 0 Å². The second kappa shape index (κ2) is 5.52. The fourth-order valence-electron chi connectivity index (χ4n) is 2.78. The number of anilines is 1. The Hall–Kier alpha value is -1.23. The Kier molecular flexibility index (Phi) is 3.86. The lowest BCUT2D eigenvalue weighted by molar-refractivity contribution is -0.138. The van der Waals surface area contributed by atoms with Crippen LogP contribution in [-0.4, -0.2) is 19.6 Å². The van der Waals surface area contributed by atoms with Crippen molar-refractivity contribution in [2.75, 3.05) is 18.5 Å². The summed E-state index contributed by atoms with van der Waals surface area (Å²) in [5.74, 6) is 0.678. The molecule has 0 spiro atoms. The van der Waals surface area contributed by atoms with Crippen LogP contribution in [0.3, 0.4) is 0 Å². The molecule has 0 radical (unpaired) electrons. The standard InChI is InChI=1S/C16H21F3N2/c1-20-9-12-4-5-14(8-15(12)16(17,18)19)21(13-6-7-13)10-11-2-3-11/h4-5,8,11,13,20H,2-3,6-7,9-10H2,1H3. The van der Waals surface area contributed by atoms with Gasteiger partial charge >= 0.3 is 6.18 Å². The SMILES string of the molecule is CNCc1ccc(N(CC2CC2)C2CC2)cc1C(F)(F)F. The second-order valence-electron chi connectivity index (χ2n) is 6.20. The molecule has 0 bridgehead atoms. The van der Waals surface area contributed by atoms with Crippen molar-refractivity contribution in [3.8, 4) is 0 Å². The van der Waals surface area contributed by atoms with Gasteiger partial charge in [0.2, 0.25) is 0 Å². The van der Waals surface area contributed by atoms with Crippen LogP contribution in [0.1, 0.15) is 36.8 Å². The van der Waals surface area contributed by atoms with E-state index in [9.17, 15) is 13.2 Å². The van der Waals surface area contributed by atoms with Crippen LogP contribution < -0.4 is 10.2 Å². The summed E-state index contributed by atoms with van der Waals surface area (Å²) in [7, 11) is 1.66. The van der Waals surface area contributed by atoms with Crippen molar-refractivity contribution in [2.24, 2.45) is 5.92 Å². The van der Waals surface area contributed by atoms with E-state index in [0.717, 1.165) is 25.1 Å². The first-order chi connectivity index (χ1) is 9.99. The number of nitrogens with one attached hydrogen (secondary N) is 1. The molecule has 116 valence electrons. The first-order valence-electron chi connectivity index (χ1n) is 7.60. The number of alkyl halides is 3. The van der Waals surface area contributed by atoms with Crippen LogP contribution in [0.15, 0.2) is 18.2 Å². The van der Waals surface area contributed by atoms with Gasteiger partial charge in [0.1, 0.15) is 0 Å². The van der Waals surface area contributed by atoms with Crippen molar-refractivity contribution < 1.29 is 13.2 Å². The van der Waals surface area contributed by atoms with E-state index in [-0.39, 0.29) is 6.54 Å². The van der Waals surface area contributed by atoms with E-state index in [4.69, 9.17) is 0 Å². The zero-order valence-electron chi connectivity index (χ0n) is 12.2. The van der Waals surface area contributed by atoms with E-state index in [0.29, 0.717) is 17.5 Å². The maximum Gasteiger partial charge on any atom is 0.416 e. The average molecular weight is 298 g/mol. The normalized spacial score (nSPS) is 18.9. The predicted molar refractivity (Wildman–Crippen MR) is 77.3 cm³/mol. The first-order valence-corrected chi connectivity index (χ1v) is 7.60. The minimum atomic E-state index is -4.29. The van der Waals surface area contributed by atoms with Gasteiger partial charge in [-0.3, -0.25) is 0 Å². The highest BCUT2D eigenvalue weighted by atomic mass is 19.4. The van der Waals surface area contributed by atoms with Gasteiger partial charge in [0.15, 0.2) is 0 Å². The molecule has 0 saturated heterocycles. The molecule has 0 unspecified atom stereocenters. The summed E-state index contributed by atoms with van der Waals surface area (Å²) < 4.78 is 39.8. The van der Waals surface area contributed by atoms with Crippen LogP contribution in [0.25, 0.3) is 0 Å².